The summed E-state index contributed by atoms with van der Waals surface area (Å²) in [5, 5.41) is 3.18. The number of nitrogens with one attached hydrogen (secondary N) is 1. The molecule has 1 aliphatic heterocycles. The van der Waals surface area contributed by atoms with Crippen molar-refractivity contribution < 1.29 is 35.9 Å². The molecule has 0 saturated carbocycles. The third kappa shape index (κ3) is 7.10. The van der Waals surface area contributed by atoms with Gasteiger partial charge in [0.2, 0.25) is 15.9 Å². The van der Waals surface area contributed by atoms with Crippen LogP contribution in [0.4, 0.5) is 18.9 Å². The molecule has 0 spiro atoms. The van der Waals surface area contributed by atoms with E-state index in [9.17, 15) is 26.4 Å². The quantitative estimate of drug-likeness (QED) is 0.459. The van der Waals surface area contributed by atoms with Crippen molar-refractivity contribution in [2.75, 3.05) is 39.2 Å². The maximum Gasteiger partial charge on any atom is 0.416 e. The number of ether oxygens (including phenoxy) is 2. The number of methoxy groups -OCH3 is 2. The lowest BCUT2D eigenvalue weighted by atomic mass is 10.0. The minimum Gasteiger partial charge on any atom is -0.497 e. The number of hydrogen-bond donors (Lipinski definition) is 1. The van der Waals surface area contributed by atoms with Crippen LogP contribution in [0.5, 0.6) is 11.5 Å². The Morgan fingerprint density at radius 1 is 1.08 bits per heavy atom. The molecule has 0 bridgehead atoms. The first kappa shape index (κ1) is 29.6. The third-order valence-electron chi connectivity index (χ3n) is 6.44. The number of hydrogen-bond acceptors (Lipinski definition) is 6. The number of carbonyl (C=O) groups excluding carboxylic acids is 1. The summed E-state index contributed by atoms with van der Waals surface area (Å²) in [5.74, 6) is 1.17. The molecule has 1 N–H and O–H groups in total. The molecular weight excluding hydrogens is 523 g/mol. The fourth-order valence-electron chi connectivity index (χ4n) is 4.60. The first-order valence-corrected chi connectivity index (χ1v) is 13.8. The fraction of sp³-hybridized carbons (Fsp3) is 0.500. The molecule has 210 valence electrons. The van der Waals surface area contributed by atoms with Crippen molar-refractivity contribution in [1.29, 1.82) is 0 Å². The Morgan fingerprint density at radius 3 is 2.21 bits per heavy atom. The summed E-state index contributed by atoms with van der Waals surface area (Å²) >= 11 is 0. The predicted molar refractivity (Wildman–Crippen MR) is 138 cm³/mol. The maximum atomic E-state index is 13.4. The van der Waals surface area contributed by atoms with E-state index in [1.807, 2.05) is 0 Å². The van der Waals surface area contributed by atoms with Crippen molar-refractivity contribution in [3.05, 3.63) is 48.0 Å². The zero-order valence-electron chi connectivity index (χ0n) is 21.9. The molecule has 0 aromatic heterocycles. The molecular formula is C26H34F3N3O5S. The highest BCUT2D eigenvalue weighted by atomic mass is 32.2. The van der Waals surface area contributed by atoms with Crippen LogP contribution in [0, 0.1) is 0 Å². The highest BCUT2D eigenvalue weighted by Crippen LogP contribution is 2.33. The van der Waals surface area contributed by atoms with Crippen LogP contribution in [0.3, 0.4) is 0 Å². The van der Waals surface area contributed by atoms with E-state index < -0.39 is 33.8 Å². The molecule has 0 aliphatic carbocycles. The first-order valence-electron chi connectivity index (χ1n) is 12.3. The Labute approximate surface area is 221 Å². The number of amides is 1. The van der Waals surface area contributed by atoms with Crippen LogP contribution in [-0.4, -0.2) is 69.5 Å². The van der Waals surface area contributed by atoms with Gasteiger partial charge in [-0.05, 0) is 44.9 Å². The number of piperidine rings is 1. The molecule has 0 radical (unpaired) electrons. The van der Waals surface area contributed by atoms with Gasteiger partial charge in [-0.3, -0.25) is 4.79 Å². The van der Waals surface area contributed by atoms with Crippen LogP contribution in [0.1, 0.15) is 38.7 Å². The van der Waals surface area contributed by atoms with Gasteiger partial charge >= 0.3 is 6.18 Å². The smallest absolute Gasteiger partial charge is 0.416 e. The maximum absolute atomic E-state index is 13.4. The van der Waals surface area contributed by atoms with Gasteiger partial charge in [-0.15, -0.1) is 0 Å². The summed E-state index contributed by atoms with van der Waals surface area (Å²) < 4.78 is 78.1. The molecule has 0 unspecified atom stereocenters. The largest absolute Gasteiger partial charge is 0.497 e. The number of alkyl halides is 3. The molecule has 2 aromatic rings. The number of rotatable bonds is 10. The van der Waals surface area contributed by atoms with E-state index in [2.05, 4.69) is 5.32 Å². The summed E-state index contributed by atoms with van der Waals surface area (Å²) in [6.07, 6.45) is -3.63. The van der Waals surface area contributed by atoms with Gasteiger partial charge in [0, 0.05) is 62.0 Å². The summed E-state index contributed by atoms with van der Waals surface area (Å²) in [6, 6.07) is 8.25. The highest BCUT2D eigenvalue weighted by Gasteiger charge is 2.38. The van der Waals surface area contributed by atoms with Gasteiger partial charge in [0.05, 0.1) is 24.7 Å². The van der Waals surface area contributed by atoms with Gasteiger partial charge in [-0.25, -0.2) is 8.42 Å². The van der Waals surface area contributed by atoms with Gasteiger partial charge in [-0.2, -0.15) is 17.5 Å². The van der Waals surface area contributed by atoms with Gasteiger partial charge in [0.1, 0.15) is 11.5 Å². The van der Waals surface area contributed by atoms with Crippen LogP contribution in [0.2, 0.25) is 0 Å². The zero-order valence-corrected chi connectivity index (χ0v) is 22.7. The molecule has 1 saturated heterocycles. The SMILES string of the molecule is COc1cc(NCCC(=O)N2CCC(N(C(C)C)S(=O)(=O)c3cccc(C(F)(F)F)c3)CC2)cc(OC)c1. The molecule has 1 heterocycles. The molecule has 1 aliphatic rings. The Kier molecular flexibility index (Phi) is 9.53. The third-order valence-corrected chi connectivity index (χ3v) is 8.57. The number of anilines is 1. The van der Waals surface area contributed by atoms with Crippen molar-refractivity contribution in [3.8, 4) is 11.5 Å². The van der Waals surface area contributed by atoms with E-state index in [1.54, 1.807) is 51.2 Å². The van der Waals surface area contributed by atoms with E-state index in [0.29, 0.717) is 50.0 Å². The molecule has 3 rings (SSSR count). The fourth-order valence-corrected chi connectivity index (χ4v) is 6.53. The van der Waals surface area contributed by atoms with E-state index in [-0.39, 0.29) is 17.2 Å². The summed E-state index contributed by atoms with van der Waals surface area (Å²) in [6.45, 7) is 4.50. The molecule has 12 heteroatoms. The van der Waals surface area contributed by atoms with Crippen LogP contribution in [0.15, 0.2) is 47.4 Å². The summed E-state index contributed by atoms with van der Waals surface area (Å²) in [4.78, 5) is 14.1. The van der Waals surface area contributed by atoms with Crippen molar-refractivity contribution in [2.24, 2.45) is 0 Å². The lowest BCUT2D eigenvalue weighted by molar-refractivity contribution is -0.137. The van der Waals surface area contributed by atoms with Crippen LogP contribution < -0.4 is 14.8 Å². The second-order valence-corrected chi connectivity index (χ2v) is 11.2. The van der Waals surface area contributed by atoms with Gasteiger partial charge < -0.3 is 19.7 Å². The molecule has 8 nitrogen and oxygen atoms in total. The number of nitrogens with zero attached hydrogens (tertiary/aromatic N) is 2. The normalized spacial score (nSPS) is 15.1. The molecule has 1 amide bonds. The number of benzene rings is 2. The number of likely N-dealkylation sites (tertiary alicyclic amines) is 1. The van der Waals surface area contributed by atoms with Crippen LogP contribution in [0.25, 0.3) is 0 Å². The number of sulfonamides is 1. The average Bonchev–Trinajstić information content (AvgIpc) is 2.88. The Morgan fingerprint density at radius 2 is 1.68 bits per heavy atom. The van der Waals surface area contributed by atoms with E-state index in [1.165, 1.54) is 10.4 Å². The van der Waals surface area contributed by atoms with Crippen molar-refractivity contribution in [1.82, 2.24) is 9.21 Å². The van der Waals surface area contributed by atoms with Crippen molar-refractivity contribution in [3.63, 3.8) is 0 Å². The number of halogens is 3. The Bertz CT molecular complexity index is 1190. The van der Waals surface area contributed by atoms with Crippen LogP contribution in [-0.2, 0) is 21.0 Å². The molecule has 0 atom stereocenters. The summed E-state index contributed by atoms with van der Waals surface area (Å²) in [7, 11) is -1.07. The predicted octanol–water partition coefficient (Wildman–Crippen LogP) is 4.61. The van der Waals surface area contributed by atoms with E-state index in [4.69, 9.17) is 9.47 Å². The monoisotopic (exact) mass is 557 g/mol. The van der Waals surface area contributed by atoms with Crippen molar-refractivity contribution in [2.45, 2.75) is 56.3 Å². The van der Waals surface area contributed by atoms with Gasteiger partial charge in [0.15, 0.2) is 0 Å². The second-order valence-electron chi connectivity index (χ2n) is 9.34. The minimum atomic E-state index is -4.65. The molecule has 38 heavy (non-hydrogen) atoms. The topological polar surface area (TPSA) is 88.2 Å². The zero-order chi connectivity index (χ0) is 28.1. The number of carbonyl (C=O) groups is 1. The van der Waals surface area contributed by atoms with Gasteiger partial charge in [0.25, 0.3) is 0 Å². The average molecular weight is 558 g/mol. The molecule has 1 fully saturated rings. The highest BCUT2D eigenvalue weighted by molar-refractivity contribution is 7.89. The van der Waals surface area contributed by atoms with E-state index >= 15 is 0 Å². The second kappa shape index (κ2) is 12.2. The standard InChI is InChI=1S/C26H34F3N3O5S/c1-18(2)32(38(34,35)24-7-5-6-19(14-24)26(27,28)29)21-9-12-31(13-10-21)25(33)8-11-30-20-15-22(36-3)17-23(16-20)37-4/h5-7,14-18,21,30H,8-13H2,1-4H3. The van der Waals surface area contributed by atoms with Gasteiger partial charge in [-0.1, -0.05) is 6.07 Å². The minimum absolute atomic E-state index is 0.0670. The lowest BCUT2D eigenvalue weighted by Gasteiger charge is -2.39. The molecule has 2 aromatic carbocycles. The first-order chi connectivity index (χ1) is 17.9. The van der Waals surface area contributed by atoms with E-state index in [0.717, 1.165) is 17.8 Å². The Balaban J connectivity index is 1.61. The Hall–Kier alpha value is -2.99. The summed E-state index contributed by atoms with van der Waals surface area (Å²) in [5.41, 5.74) is -0.260. The van der Waals surface area contributed by atoms with Crippen molar-refractivity contribution >= 4 is 21.6 Å². The lowest BCUT2D eigenvalue weighted by Crippen LogP contribution is -2.51. The van der Waals surface area contributed by atoms with Crippen LogP contribution >= 0.6 is 0 Å².